The molecule has 3 aromatic carbocycles. The van der Waals surface area contributed by atoms with Crippen molar-refractivity contribution in [1.82, 2.24) is 5.32 Å². The van der Waals surface area contributed by atoms with Crippen LogP contribution < -0.4 is 11.1 Å². The van der Waals surface area contributed by atoms with E-state index in [1.165, 1.54) is 17.7 Å². The Balaban J connectivity index is 1.26. The van der Waals surface area contributed by atoms with E-state index in [1.54, 1.807) is 24.3 Å². The highest BCUT2D eigenvalue weighted by molar-refractivity contribution is 5.97. The lowest BCUT2D eigenvalue weighted by Crippen LogP contribution is -2.37. The largest absolute Gasteiger partial charge is 0.384 e. The van der Waals surface area contributed by atoms with Crippen LogP contribution >= 0.6 is 0 Å². The first-order valence-electron chi connectivity index (χ1n) is 12.4. The SMILES string of the molecule is CC12OC(C)(c3cc(-c4ccc(F)cc4)ccc31)C1C=C(C(=O)NCc3ccc(C(=N)N)cc3)C=CC12. The maximum Gasteiger partial charge on any atom is 0.251 e. The molecule has 0 spiro atoms. The van der Waals surface area contributed by atoms with E-state index in [0.29, 0.717) is 17.7 Å². The maximum atomic E-state index is 13.5. The van der Waals surface area contributed by atoms with E-state index in [4.69, 9.17) is 15.9 Å². The second kappa shape index (κ2) is 8.25. The van der Waals surface area contributed by atoms with Gasteiger partial charge in [-0.05, 0) is 59.9 Å². The van der Waals surface area contributed by atoms with E-state index in [-0.39, 0.29) is 29.4 Å². The molecular weight excluding hydrogens is 465 g/mol. The fraction of sp³-hybridized carbons (Fsp3) is 0.226. The summed E-state index contributed by atoms with van der Waals surface area (Å²) in [6.07, 6.45) is 6.07. The number of carbonyl (C=O) groups excluding carboxylic acids is 1. The number of amides is 1. The minimum atomic E-state index is -0.580. The van der Waals surface area contributed by atoms with Gasteiger partial charge in [-0.15, -0.1) is 0 Å². The Hall–Kier alpha value is -4.03. The number of rotatable bonds is 5. The molecule has 0 radical (unpaired) electrons. The van der Waals surface area contributed by atoms with Crippen LogP contribution in [0.25, 0.3) is 11.1 Å². The zero-order valence-electron chi connectivity index (χ0n) is 20.7. The van der Waals surface area contributed by atoms with Crippen LogP contribution in [0.15, 0.2) is 90.5 Å². The third kappa shape index (κ3) is 3.63. The van der Waals surface area contributed by atoms with Crippen LogP contribution in [0.3, 0.4) is 0 Å². The Morgan fingerprint density at radius 3 is 2.35 bits per heavy atom. The molecule has 6 heteroatoms. The molecule has 2 bridgehead atoms. The third-order valence-electron chi connectivity index (χ3n) is 8.17. The van der Waals surface area contributed by atoms with E-state index in [0.717, 1.165) is 22.3 Å². The van der Waals surface area contributed by atoms with E-state index in [9.17, 15) is 9.18 Å². The summed E-state index contributed by atoms with van der Waals surface area (Å²) in [5.41, 5.74) is 10.9. The normalized spacial score (nSPS) is 26.8. The number of halogens is 1. The predicted molar refractivity (Wildman–Crippen MR) is 141 cm³/mol. The van der Waals surface area contributed by atoms with Gasteiger partial charge in [0.1, 0.15) is 11.7 Å². The van der Waals surface area contributed by atoms with Crippen molar-refractivity contribution in [2.24, 2.45) is 17.6 Å². The summed E-state index contributed by atoms with van der Waals surface area (Å²) < 4.78 is 20.2. The second-order valence-electron chi connectivity index (χ2n) is 10.4. The van der Waals surface area contributed by atoms with E-state index >= 15 is 0 Å². The molecule has 3 aromatic rings. The van der Waals surface area contributed by atoms with Gasteiger partial charge in [-0.1, -0.05) is 66.8 Å². The molecule has 2 heterocycles. The van der Waals surface area contributed by atoms with Crippen molar-refractivity contribution in [1.29, 1.82) is 5.41 Å². The summed E-state index contributed by atoms with van der Waals surface area (Å²) in [7, 11) is 0. The van der Waals surface area contributed by atoms with Crippen LogP contribution in [-0.2, 0) is 27.3 Å². The Kier molecular flexibility index (Phi) is 5.21. The topological polar surface area (TPSA) is 88.2 Å². The fourth-order valence-corrected chi connectivity index (χ4v) is 6.20. The van der Waals surface area contributed by atoms with Crippen LogP contribution in [-0.4, -0.2) is 11.7 Å². The zero-order chi connectivity index (χ0) is 25.9. The van der Waals surface area contributed by atoms with E-state index < -0.39 is 11.2 Å². The molecule has 37 heavy (non-hydrogen) atoms. The molecular formula is C31H28FN3O2. The first kappa shape index (κ1) is 23.4. The predicted octanol–water partition coefficient (Wildman–Crippen LogP) is 5.30. The number of nitrogen functional groups attached to an aromatic ring is 1. The van der Waals surface area contributed by atoms with Crippen molar-refractivity contribution in [2.45, 2.75) is 31.6 Å². The summed E-state index contributed by atoms with van der Waals surface area (Å²) in [6.45, 7) is 4.62. The standard InChI is InChI=1S/C31H28FN3O2/c1-30-24-13-9-21(19-7-11-23(32)12-8-19)15-26(24)31(2,37-30)27-16-22(10-14-25(27)30)29(36)35-17-18-3-5-20(6-4-18)28(33)34/h3-16,25,27H,17H2,1-2H3,(H3,33,34)(H,35,36). The van der Waals surface area contributed by atoms with Crippen molar-refractivity contribution in [3.05, 3.63) is 119 Å². The first-order chi connectivity index (χ1) is 17.7. The number of benzene rings is 3. The third-order valence-corrected chi connectivity index (χ3v) is 8.17. The van der Waals surface area contributed by atoms with Crippen LogP contribution in [0.5, 0.6) is 0 Å². The van der Waals surface area contributed by atoms with Gasteiger partial charge in [0, 0.05) is 29.5 Å². The summed E-state index contributed by atoms with van der Waals surface area (Å²) in [4.78, 5) is 13.1. The lowest BCUT2D eigenvalue weighted by atomic mass is 9.62. The van der Waals surface area contributed by atoms with Gasteiger partial charge in [0.2, 0.25) is 0 Å². The molecule has 4 N–H and O–H groups in total. The summed E-state index contributed by atoms with van der Waals surface area (Å²) in [5.74, 6) is -0.245. The number of carbonyl (C=O) groups is 1. The lowest BCUT2D eigenvalue weighted by Gasteiger charge is -2.37. The minimum Gasteiger partial charge on any atom is -0.384 e. The van der Waals surface area contributed by atoms with Gasteiger partial charge in [0.05, 0.1) is 11.2 Å². The van der Waals surface area contributed by atoms with Crippen LogP contribution in [0.1, 0.15) is 36.1 Å². The molecule has 5 nitrogen and oxygen atoms in total. The molecule has 1 fully saturated rings. The number of hydrogen-bond donors (Lipinski definition) is 3. The Morgan fingerprint density at radius 2 is 1.65 bits per heavy atom. The number of nitrogens with one attached hydrogen (secondary N) is 2. The summed E-state index contributed by atoms with van der Waals surface area (Å²) >= 11 is 0. The summed E-state index contributed by atoms with van der Waals surface area (Å²) in [6, 6.07) is 20.2. The Morgan fingerprint density at radius 1 is 0.973 bits per heavy atom. The molecule has 4 atom stereocenters. The monoisotopic (exact) mass is 493 g/mol. The van der Waals surface area contributed by atoms with Gasteiger partial charge in [0.25, 0.3) is 5.91 Å². The minimum absolute atomic E-state index is 0.00840. The molecule has 0 saturated carbocycles. The number of hydrogen-bond acceptors (Lipinski definition) is 3. The van der Waals surface area contributed by atoms with E-state index in [1.807, 2.05) is 18.2 Å². The van der Waals surface area contributed by atoms with Gasteiger partial charge < -0.3 is 15.8 Å². The number of amidine groups is 1. The number of ether oxygens (including phenoxy) is 1. The molecule has 2 aliphatic heterocycles. The van der Waals surface area contributed by atoms with Crippen LogP contribution in [0, 0.1) is 23.1 Å². The molecule has 1 aliphatic carbocycles. The molecule has 4 unspecified atom stereocenters. The van der Waals surface area contributed by atoms with Gasteiger partial charge in [0.15, 0.2) is 0 Å². The van der Waals surface area contributed by atoms with E-state index in [2.05, 4.69) is 49.5 Å². The van der Waals surface area contributed by atoms with Crippen molar-refractivity contribution in [3.8, 4) is 11.1 Å². The smallest absolute Gasteiger partial charge is 0.251 e. The second-order valence-corrected chi connectivity index (χ2v) is 10.4. The molecule has 1 saturated heterocycles. The van der Waals surface area contributed by atoms with Gasteiger partial charge in [-0.25, -0.2) is 4.39 Å². The van der Waals surface area contributed by atoms with Crippen molar-refractivity contribution in [3.63, 3.8) is 0 Å². The molecule has 6 rings (SSSR count). The van der Waals surface area contributed by atoms with Crippen molar-refractivity contribution >= 4 is 11.7 Å². The van der Waals surface area contributed by atoms with Gasteiger partial charge >= 0.3 is 0 Å². The number of fused-ring (bicyclic) bond motifs is 8. The molecule has 1 amide bonds. The molecule has 186 valence electrons. The quantitative estimate of drug-likeness (QED) is 0.333. The fourth-order valence-electron chi connectivity index (χ4n) is 6.20. The zero-order valence-corrected chi connectivity index (χ0v) is 20.7. The van der Waals surface area contributed by atoms with Gasteiger partial charge in [-0.2, -0.15) is 0 Å². The highest BCUT2D eigenvalue weighted by atomic mass is 19.1. The lowest BCUT2D eigenvalue weighted by molar-refractivity contribution is -0.117. The van der Waals surface area contributed by atoms with Crippen molar-refractivity contribution < 1.29 is 13.9 Å². The van der Waals surface area contributed by atoms with Crippen LogP contribution in [0.4, 0.5) is 4.39 Å². The molecule has 0 aromatic heterocycles. The maximum absolute atomic E-state index is 13.5. The highest BCUT2D eigenvalue weighted by Crippen LogP contribution is 2.65. The number of nitrogens with two attached hydrogens (primary N) is 1. The van der Waals surface area contributed by atoms with Crippen molar-refractivity contribution in [2.75, 3.05) is 0 Å². The first-order valence-corrected chi connectivity index (χ1v) is 12.4. The Bertz CT molecular complexity index is 1490. The Labute approximate surface area is 215 Å². The molecule has 3 aliphatic rings. The van der Waals surface area contributed by atoms with Gasteiger partial charge in [-0.3, -0.25) is 10.2 Å². The average Bonchev–Trinajstić information content (AvgIpc) is 3.29. The summed E-state index contributed by atoms with van der Waals surface area (Å²) in [5, 5.41) is 10.5. The average molecular weight is 494 g/mol. The van der Waals surface area contributed by atoms with Crippen LogP contribution in [0.2, 0.25) is 0 Å². The highest BCUT2D eigenvalue weighted by Gasteiger charge is 2.65.